The van der Waals surface area contributed by atoms with Crippen molar-refractivity contribution in [3.05, 3.63) is 70.4 Å². The Morgan fingerprint density at radius 3 is 2.76 bits per heavy atom. The lowest BCUT2D eigenvalue weighted by molar-refractivity contribution is 0.0689. The van der Waals surface area contributed by atoms with Crippen LogP contribution in [0.3, 0.4) is 0 Å². The predicted octanol–water partition coefficient (Wildman–Crippen LogP) is 1.54. The van der Waals surface area contributed by atoms with Gasteiger partial charge in [0.25, 0.3) is 5.56 Å². The zero-order chi connectivity index (χ0) is 14.8. The second-order valence-electron chi connectivity index (χ2n) is 4.49. The summed E-state index contributed by atoms with van der Waals surface area (Å²) < 4.78 is 1.49. The van der Waals surface area contributed by atoms with Gasteiger partial charge in [0.1, 0.15) is 0 Å². The molecule has 2 aromatic heterocycles. The summed E-state index contributed by atoms with van der Waals surface area (Å²) in [5, 5.41) is 9.16. The largest absolute Gasteiger partial charge is 0.477 e. The minimum atomic E-state index is -1.11. The highest BCUT2D eigenvalue weighted by Crippen LogP contribution is 2.12. The van der Waals surface area contributed by atoms with Gasteiger partial charge in [-0.2, -0.15) is 0 Å². The zero-order valence-electron chi connectivity index (χ0n) is 10.9. The summed E-state index contributed by atoms with van der Waals surface area (Å²) in [6, 6.07) is 10.5. The number of hydrogen-bond donors (Lipinski definition) is 1. The first-order valence-corrected chi connectivity index (χ1v) is 6.28. The van der Waals surface area contributed by atoms with Crippen LogP contribution in [0.1, 0.15) is 16.1 Å². The lowest BCUT2D eigenvalue weighted by Crippen LogP contribution is -2.22. The van der Waals surface area contributed by atoms with E-state index in [1.165, 1.54) is 17.0 Å². The van der Waals surface area contributed by atoms with Crippen LogP contribution in [0, 0.1) is 0 Å². The second kappa shape index (κ2) is 5.16. The van der Waals surface area contributed by atoms with Crippen molar-refractivity contribution < 1.29 is 9.90 Å². The summed E-state index contributed by atoms with van der Waals surface area (Å²) in [7, 11) is 0. The van der Waals surface area contributed by atoms with Crippen LogP contribution in [0.15, 0.2) is 53.6 Å². The molecule has 0 aliphatic rings. The third-order valence-electron chi connectivity index (χ3n) is 3.17. The van der Waals surface area contributed by atoms with Gasteiger partial charge in [-0.3, -0.25) is 4.79 Å². The highest BCUT2D eigenvalue weighted by Gasteiger charge is 2.13. The van der Waals surface area contributed by atoms with Gasteiger partial charge < -0.3 is 9.67 Å². The Morgan fingerprint density at radius 1 is 1.14 bits per heavy atom. The first-order chi connectivity index (χ1) is 10.2. The molecule has 0 saturated carbocycles. The molecular weight excluding hydrogens is 270 g/mol. The van der Waals surface area contributed by atoms with E-state index >= 15 is 0 Å². The normalized spacial score (nSPS) is 10.7. The second-order valence-corrected chi connectivity index (χ2v) is 4.49. The van der Waals surface area contributed by atoms with Crippen molar-refractivity contribution in [3.8, 4) is 0 Å². The third-order valence-corrected chi connectivity index (χ3v) is 3.17. The molecule has 3 aromatic rings. The minimum absolute atomic E-state index is 0.0507. The van der Waals surface area contributed by atoms with Gasteiger partial charge in [0.05, 0.1) is 23.8 Å². The molecule has 0 amide bonds. The van der Waals surface area contributed by atoms with Crippen molar-refractivity contribution in [3.63, 3.8) is 0 Å². The van der Waals surface area contributed by atoms with Gasteiger partial charge >= 0.3 is 5.97 Å². The summed E-state index contributed by atoms with van der Waals surface area (Å²) in [5.74, 6) is -1.11. The first-order valence-electron chi connectivity index (χ1n) is 6.28. The van der Waals surface area contributed by atoms with Crippen LogP contribution in [0.4, 0.5) is 0 Å². The van der Waals surface area contributed by atoms with Crippen LogP contribution in [-0.4, -0.2) is 25.6 Å². The van der Waals surface area contributed by atoms with Crippen molar-refractivity contribution in [2.75, 3.05) is 0 Å². The van der Waals surface area contributed by atoms with E-state index in [1.807, 2.05) is 6.07 Å². The molecule has 6 nitrogen and oxygen atoms in total. The summed E-state index contributed by atoms with van der Waals surface area (Å²) in [6.45, 7) is 0.136. The molecule has 1 aromatic carbocycles. The SMILES string of the molecule is O=C(O)c1ncccc1Cn1c(=O)cnc2ccccc21. The maximum Gasteiger partial charge on any atom is 0.354 e. The van der Waals surface area contributed by atoms with Crippen LogP contribution in [0.25, 0.3) is 11.0 Å². The monoisotopic (exact) mass is 281 g/mol. The molecule has 2 heterocycles. The Hall–Kier alpha value is -3.02. The van der Waals surface area contributed by atoms with E-state index in [-0.39, 0.29) is 17.8 Å². The van der Waals surface area contributed by atoms with Gasteiger partial charge in [-0.15, -0.1) is 0 Å². The van der Waals surface area contributed by atoms with E-state index < -0.39 is 5.97 Å². The molecule has 0 bridgehead atoms. The average molecular weight is 281 g/mol. The van der Waals surface area contributed by atoms with Crippen LogP contribution in [-0.2, 0) is 6.54 Å². The number of carboxylic acid groups (broad SMARTS) is 1. The van der Waals surface area contributed by atoms with E-state index in [2.05, 4.69) is 9.97 Å². The van der Waals surface area contributed by atoms with Crippen LogP contribution >= 0.6 is 0 Å². The fraction of sp³-hybridized carbons (Fsp3) is 0.0667. The fourth-order valence-corrected chi connectivity index (χ4v) is 2.21. The highest BCUT2D eigenvalue weighted by atomic mass is 16.4. The molecular formula is C15H11N3O3. The number of aromatic nitrogens is 3. The number of benzene rings is 1. The molecule has 0 atom stereocenters. The summed E-state index contributed by atoms with van der Waals surface area (Å²) >= 11 is 0. The van der Waals surface area contributed by atoms with Crippen LogP contribution < -0.4 is 5.56 Å². The molecule has 3 rings (SSSR count). The number of nitrogens with zero attached hydrogens (tertiary/aromatic N) is 3. The molecule has 0 fully saturated rings. The topological polar surface area (TPSA) is 85.1 Å². The number of carboxylic acids is 1. The summed E-state index contributed by atoms with van der Waals surface area (Å²) in [5.41, 5.74) is 1.48. The molecule has 0 spiro atoms. The molecule has 6 heteroatoms. The quantitative estimate of drug-likeness (QED) is 0.787. The third kappa shape index (κ3) is 2.38. The molecule has 21 heavy (non-hydrogen) atoms. The Balaban J connectivity index is 2.17. The number of carbonyl (C=O) groups is 1. The number of aromatic carboxylic acids is 1. The van der Waals surface area contributed by atoms with E-state index in [4.69, 9.17) is 5.11 Å². The first kappa shape index (κ1) is 13.0. The molecule has 0 saturated heterocycles. The van der Waals surface area contributed by atoms with Gasteiger partial charge in [-0.25, -0.2) is 14.8 Å². The van der Waals surface area contributed by atoms with Crippen molar-refractivity contribution >= 4 is 17.0 Å². The molecule has 0 aliphatic heterocycles. The number of rotatable bonds is 3. The summed E-state index contributed by atoms with van der Waals surface area (Å²) in [4.78, 5) is 31.2. The minimum Gasteiger partial charge on any atom is -0.477 e. The Labute approximate surface area is 119 Å². The lowest BCUT2D eigenvalue weighted by Gasteiger charge is -2.10. The molecule has 1 N–H and O–H groups in total. The van der Waals surface area contributed by atoms with Crippen LogP contribution in [0.2, 0.25) is 0 Å². The van der Waals surface area contributed by atoms with E-state index in [0.717, 1.165) is 0 Å². The Bertz CT molecular complexity index is 886. The average Bonchev–Trinajstić information content (AvgIpc) is 2.50. The van der Waals surface area contributed by atoms with Gasteiger partial charge in [-0.05, 0) is 18.2 Å². The van der Waals surface area contributed by atoms with Gasteiger partial charge in [0.2, 0.25) is 0 Å². The zero-order valence-corrected chi connectivity index (χ0v) is 10.9. The Kier molecular flexibility index (Phi) is 3.19. The predicted molar refractivity (Wildman–Crippen MR) is 76.3 cm³/mol. The van der Waals surface area contributed by atoms with E-state index in [0.29, 0.717) is 16.6 Å². The maximum atomic E-state index is 12.1. The lowest BCUT2D eigenvalue weighted by atomic mass is 10.2. The van der Waals surface area contributed by atoms with Crippen molar-refractivity contribution in [2.24, 2.45) is 0 Å². The van der Waals surface area contributed by atoms with Crippen molar-refractivity contribution in [1.82, 2.24) is 14.5 Å². The van der Waals surface area contributed by atoms with Crippen molar-refractivity contribution in [2.45, 2.75) is 6.54 Å². The summed E-state index contributed by atoms with van der Waals surface area (Å²) in [6.07, 6.45) is 2.65. The number of fused-ring (bicyclic) bond motifs is 1. The highest BCUT2D eigenvalue weighted by molar-refractivity contribution is 5.87. The van der Waals surface area contributed by atoms with E-state index in [1.54, 1.807) is 30.3 Å². The van der Waals surface area contributed by atoms with Gasteiger partial charge in [0.15, 0.2) is 5.69 Å². The van der Waals surface area contributed by atoms with Crippen LogP contribution in [0.5, 0.6) is 0 Å². The molecule has 0 radical (unpaired) electrons. The fourth-order valence-electron chi connectivity index (χ4n) is 2.21. The standard InChI is InChI=1S/C15H11N3O3/c19-13-8-17-11-5-1-2-6-12(11)18(13)9-10-4-3-7-16-14(10)15(20)21/h1-8H,9H2,(H,20,21). The maximum absolute atomic E-state index is 12.1. The molecule has 0 unspecified atom stereocenters. The molecule has 104 valence electrons. The number of para-hydroxylation sites is 2. The number of pyridine rings is 1. The Morgan fingerprint density at radius 2 is 1.95 bits per heavy atom. The number of hydrogen-bond acceptors (Lipinski definition) is 4. The van der Waals surface area contributed by atoms with Gasteiger partial charge in [0, 0.05) is 11.8 Å². The van der Waals surface area contributed by atoms with Crippen molar-refractivity contribution in [1.29, 1.82) is 0 Å². The van der Waals surface area contributed by atoms with Gasteiger partial charge in [-0.1, -0.05) is 18.2 Å². The smallest absolute Gasteiger partial charge is 0.354 e. The molecule has 0 aliphatic carbocycles. The van der Waals surface area contributed by atoms with E-state index in [9.17, 15) is 9.59 Å².